The number of amides is 1. The van der Waals surface area contributed by atoms with E-state index in [1.54, 1.807) is 0 Å². The fourth-order valence-corrected chi connectivity index (χ4v) is 4.28. The van der Waals surface area contributed by atoms with Gasteiger partial charge in [-0.25, -0.2) is 0 Å². The second-order valence-electron chi connectivity index (χ2n) is 9.00. The summed E-state index contributed by atoms with van der Waals surface area (Å²) in [6.07, 6.45) is 8.02. The average molecular weight is 390 g/mol. The van der Waals surface area contributed by atoms with Crippen molar-refractivity contribution in [1.29, 1.82) is 0 Å². The van der Waals surface area contributed by atoms with Crippen molar-refractivity contribution in [1.82, 2.24) is 4.90 Å². The Bertz CT molecular complexity index is 641. The molecule has 1 aliphatic rings. The minimum atomic E-state index is -0.426. The minimum absolute atomic E-state index is 0.00749. The van der Waals surface area contributed by atoms with Gasteiger partial charge in [0.15, 0.2) is 0 Å². The standard InChI is InChI=1S/C24H39NO3/c1-5-7-8-9-14-24(3,4)18-11-12-20(22(27)16-18)21-17-19(26)13-15-25(21)23(28)10-6-2/h11-12,16,19,21,26-27H,5-10,13-15,17H2,1-4H3. The molecule has 2 atom stereocenters. The molecule has 1 aromatic rings. The lowest BCUT2D eigenvalue weighted by Crippen LogP contribution is -2.42. The summed E-state index contributed by atoms with van der Waals surface area (Å²) in [5, 5.41) is 21.0. The lowest BCUT2D eigenvalue weighted by Gasteiger charge is -2.39. The SMILES string of the molecule is CCCCCCC(C)(C)c1ccc(C2CC(O)CCN2C(=O)CCC)c(O)c1. The first-order chi connectivity index (χ1) is 13.3. The van der Waals surface area contributed by atoms with E-state index in [-0.39, 0.29) is 23.1 Å². The van der Waals surface area contributed by atoms with E-state index in [0.717, 1.165) is 24.0 Å². The number of carbonyl (C=O) groups is 1. The Morgan fingerprint density at radius 1 is 1.18 bits per heavy atom. The summed E-state index contributed by atoms with van der Waals surface area (Å²) >= 11 is 0. The lowest BCUT2D eigenvalue weighted by molar-refractivity contribution is -0.136. The van der Waals surface area contributed by atoms with Gasteiger partial charge in [-0.05, 0) is 42.7 Å². The summed E-state index contributed by atoms with van der Waals surface area (Å²) in [6, 6.07) is 5.69. The Hall–Kier alpha value is -1.55. The normalized spacial score (nSPS) is 20.4. The van der Waals surface area contributed by atoms with E-state index in [1.807, 2.05) is 24.0 Å². The maximum absolute atomic E-state index is 12.6. The van der Waals surface area contributed by atoms with Crippen LogP contribution in [0.15, 0.2) is 18.2 Å². The highest BCUT2D eigenvalue weighted by Crippen LogP contribution is 2.39. The number of carbonyl (C=O) groups excluding carboxylic acids is 1. The third kappa shape index (κ3) is 5.73. The van der Waals surface area contributed by atoms with Crippen LogP contribution >= 0.6 is 0 Å². The maximum atomic E-state index is 12.6. The molecule has 2 N–H and O–H groups in total. The summed E-state index contributed by atoms with van der Waals surface area (Å²) < 4.78 is 0. The Morgan fingerprint density at radius 2 is 1.93 bits per heavy atom. The van der Waals surface area contributed by atoms with Gasteiger partial charge in [-0.2, -0.15) is 0 Å². The zero-order valence-electron chi connectivity index (χ0n) is 18.2. The first-order valence-corrected chi connectivity index (χ1v) is 11.1. The second-order valence-corrected chi connectivity index (χ2v) is 9.00. The van der Waals surface area contributed by atoms with Crippen LogP contribution in [-0.4, -0.2) is 33.7 Å². The van der Waals surface area contributed by atoms with Gasteiger partial charge in [0.05, 0.1) is 12.1 Å². The average Bonchev–Trinajstić information content (AvgIpc) is 2.65. The van der Waals surface area contributed by atoms with Crippen molar-refractivity contribution >= 4 is 5.91 Å². The molecule has 158 valence electrons. The Labute approximate surface area is 171 Å². The Balaban J connectivity index is 2.20. The summed E-state index contributed by atoms with van der Waals surface area (Å²) in [5.41, 5.74) is 1.90. The third-order valence-corrected chi connectivity index (χ3v) is 6.19. The van der Waals surface area contributed by atoms with Crippen molar-refractivity contribution in [3.63, 3.8) is 0 Å². The molecule has 4 heteroatoms. The zero-order valence-corrected chi connectivity index (χ0v) is 18.2. The van der Waals surface area contributed by atoms with Gasteiger partial charge in [0.2, 0.25) is 5.91 Å². The molecular formula is C24H39NO3. The molecular weight excluding hydrogens is 350 g/mol. The molecule has 0 spiro atoms. The van der Waals surface area contributed by atoms with Crippen molar-refractivity contribution < 1.29 is 15.0 Å². The van der Waals surface area contributed by atoms with Crippen LogP contribution in [0.5, 0.6) is 5.75 Å². The predicted octanol–water partition coefficient (Wildman–Crippen LogP) is 5.46. The van der Waals surface area contributed by atoms with E-state index < -0.39 is 6.10 Å². The quantitative estimate of drug-likeness (QED) is 0.551. The molecule has 0 aromatic heterocycles. The van der Waals surface area contributed by atoms with E-state index in [9.17, 15) is 15.0 Å². The van der Waals surface area contributed by atoms with Gasteiger partial charge >= 0.3 is 0 Å². The van der Waals surface area contributed by atoms with Gasteiger partial charge in [0.25, 0.3) is 0 Å². The molecule has 2 unspecified atom stereocenters. The second kappa shape index (κ2) is 10.3. The molecule has 0 bridgehead atoms. The molecule has 1 amide bonds. The summed E-state index contributed by atoms with van der Waals surface area (Å²) in [7, 11) is 0. The molecule has 28 heavy (non-hydrogen) atoms. The fraction of sp³-hybridized carbons (Fsp3) is 0.708. The molecule has 4 nitrogen and oxygen atoms in total. The largest absolute Gasteiger partial charge is 0.508 e. The van der Waals surface area contributed by atoms with Crippen LogP contribution in [0.2, 0.25) is 0 Å². The molecule has 1 heterocycles. The van der Waals surface area contributed by atoms with Gasteiger partial charge in [0.1, 0.15) is 5.75 Å². The van der Waals surface area contributed by atoms with Gasteiger partial charge in [-0.3, -0.25) is 4.79 Å². The van der Waals surface area contributed by atoms with Crippen LogP contribution in [0, 0.1) is 0 Å². The number of phenolic OH excluding ortho intramolecular Hbond substituents is 1. The summed E-state index contributed by atoms with van der Waals surface area (Å²) in [4.78, 5) is 14.4. The summed E-state index contributed by atoms with van der Waals surface area (Å²) in [6.45, 7) is 9.23. The monoisotopic (exact) mass is 389 g/mol. The van der Waals surface area contributed by atoms with Crippen LogP contribution in [0.4, 0.5) is 0 Å². The van der Waals surface area contributed by atoms with Crippen LogP contribution < -0.4 is 0 Å². The van der Waals surface area contributed by atoms with E-state index in [2.05, 4.69) is 26.8 Å². The maximum Gasteiger partial charge on any atom is 0.223 e. The van der Waals surface area contributed by atoms with Gasteiger partial charge in [0, 0.05) is 18.5 Å². The number of benzene rings is 1. The van der Waals surface area contributed by atoms with Crippen LogP contribution in [0.1, 0.15) is 103 Å². The number of piperidine rings is 1. The number of aromatic hydroxyl groups is 1. The zero-order chi connectivity index (χ0) is 20.7. The summed E-state index contributed by atoms with van der Waals surface area (Å²) in [5.74, 6) is 0.353. The molecule has 0 radical (unpaired) electrons. The van der Waals surface area contributed by atoms with Crippen molar-refractivity contribution in [2.75, 3.05) is 6.54 Å². The molecule has 0 saturated carbocycles. The van der Waals surface area contributed by atoms with E-state index in [0.29, 0.717) is 25.8 Å². The van der Waals surface area contributed by atoms with E-state index in [4.69, 9.17) is 0 Å². The van der Waals surface area contributed by atoms with Gasteiger partial charge < -0.3 is 15.1 Å². The number of hydrogen-bond acceptors (Lipinski definition) is 3. The van der Waals surface area contributed by atoms with Crippen LogP contribution in [0.25, 0.3) is 0 Å². The predicted molar refractivity (Wildman–Crippen MR) is 114 cm³/mol. The first-order valence-electron chi connectivity index (χ1n) is 11.1. The Kier molecular flexibility index (Phi) is 8.36. The van der Waals surface area contributed by atoms with Crippen molar-refractivity contribution in [3.8, 4) is 5.75 Å². The van der Waals surface area contributed by atoms with Crippen molar-refractivity contribution in [3.05, 3.63) is 29.3 Å². The van der Waals surface area contributed by atoms with Crippen molar-refractivity contribution in [2.45, 2.75) is 103 Å². The van der Waals surface area contributed by atoms with Gasteiger partial charge in [-0.1, -0.05) is 65.5 Å². The van der Waals surface area contributed by atoms with Crippen LogP contribution in [0.3, 0.4) is 0 Å². The van der Waals surface area contributed by atoms with E-state index in [1.165, 1.54) is 25.7 Å². The number of rotatable bonds is 9. The number of aliphatic hydroxyl groups excluding tert-OH is 1. The van der Waals surface area contributed by atoms with Gasteiger partial charge in [-0.15, -0.1) is 0 Å². The highest BCUT2D eigenvalue weighted by Gasteiger charge is 2.33. The molecule has 1 fully saturated rings. The number of unbranched alkanes of at least 4 members (excludes halogenated alkanes) is 3. The number of aliphatic hydroxyl groups is 1. The first kappa shape index (κ1) is 22.7. The molecule has 1 saturated heterocycles. The number of likely N-dealkylation sites (tertiary alicyclic amines) is 1. The smallest absolute Gasteiger partial charge is 0.223 e. The number of nitrogens with zero attached hydrogens (tertiary/aromatic N) is 1. The molecule has 0 aliphatic carbocycles. The lowest BCUT2D eigenvalue weighted by atomic mass is 9.79. The van der Waals surface area contributed by atoms with E-state index >= 15 is 0 Å². The van der Waals surface area contributed by atoms with Crippen LogP contribution in [-0.2, 0) is 10.2 Å². The fourth-order valence-electron chi connectivity index (χ4n) is 4.28. The minimum Gasteiger partial charge on any atom is -0.508 e. The number of phenols is 1. The van der Waals surface area contributed by atoms with Crippen molar-refractivity contribution in [2.24, 2.45) is 0 Å². The molecule has 1 aromatic carbocycles. The highest BCUT2D eigenvalue weighted by molar-refractivity contribution is 5.77. The third-order valence-electron chi connectivity index (χ3n) is 6.19. The topological polar surface area (TPSA) is 60.8 Å². The molecule has 2 rings (SSSR count). The molecule has 1 aliphatic heterocycles. The number of hydrogen-bond donors (Lipinski definition) is 2. The Morgan fingerprint density at radius 3 is 2.57 bits per heavy atom. The highest BCUT2D eigenvalue weighted by atomic mass is 16.3.